The van der Waals surface area contributed by atoms with E-state index in [9.17, 15) is 9.59 Å². The smallest absolute Gasteiger partial charge is 0.275 e. The molecule has 22 heavy (non-hydrogen) atoms. The fourth-order valence-corrected chi connectivity index (χ4v) is 3.10. The van der Waals surface area contributed by atoms with Gasteiger partial charge in [-0.3, -0.25) is 9.59 Å². The van der Waals surface area contributed by atoms with Gasteiger partial charge in [0, 0.05) is 24.4 Å². The molecule has 1 amide bonds. The van der Waals surface area contributed by atoms with E-state index in [4.69, 9.17) is 0 Å². The number of benzene rings is 1. The molecule has 5 nitrogen and oxygen atoms in total. The minimum absolute atomic E-state index is 0.194. The summed E-state index contributed by atoms with van der Waals surface area (Å²) in [5.74, 6) is -0.194. The summed E-state index contributed by atoms with van der Waals surface area (Å²) < 4.78 is 1.22. The van der Waals surface area contributed by atoms with E-state index in [1.165, 1.54) is 4.68 Å². The Morgan fingerprint density at radius 1 is 1.23 bits per heavy atom. The van der Waals surface area contributed by atoms with Crippen molar-refractivity contribution >= 4 is 28.0 Å². The molecule has 0 fully saturated rings. The highest BCUT2D eigenvalue weighted by atomic mass is 32.1. The molecule has 0 unspecified atom stereocenters. The molecule has 0 saturated carbocycles. The van der Waals surface area contributed by atoms with Crippen molar-refractivity contribution in [3.63, 3.8) is 0 Å². The Balaban J connectivity index is 2.04. The summed E-state index contributed by atoms with van der Waals surface area (Å²) in [4.78, 5) is 27.5. The Labute approximate surface area is 131 Å². The molecule has 0 aliphatic carbocycles. The van der Waals surface area contributed by atoms with Crippen LogP contribution in [0, 0.1) is 0 Å². The van der Waals surface area contributed by atoms with Gasteiger partial charge < -0.3 is 4.90 Å². The summed E-state index contributed by atoms with van der Waals surface area (Å²) in [5, 5.41) is 7.25. The van der Waals surface area contributed by atoms with Crippen molar-refractivity contribution < 1.29 is 4.79 Å². The lowest BCUT2D eigenvalue weighted by atomic mass is 10.1. The zero-order valence-corrected chi connectivity index (χ0v) is 13.1. The van der Waals surface area contributed by atoms with E-state index < -0.39 is 0 Å². The fourth-order valence-electron chi connectivity index (χ4n) is 2.35. The molecule has 3 aromatic rings. The van der Waals surface area contributed by atoms with E-state index in [1.54, 1.807) is 54.6 Å². The topological polar surface area (TPSA) is 55.2 Å². The lowest BCUT2D eigenvalue weighted by molar-refractivity contribution is 0.0780. The number of nitrogens with zero attached hydrogens (tertiary/aromatic N) is 3. The quantitative estimate of drug-likeness (QED) is 0.745. The molecular weight excluding hydrogens is 298 g/mol. The van der Waals surface area contributed by atoms with Crippen LogP contribution in [0.1, 0.15) is 15.4 Å². The van der Waals surface area contributed by atoms with Gasteiger partial charge in [0.25, 0.3) is 11.5 Å². The van der Waals surface area contributed by atoms with Gasteiger partial charge in [0.2, 0.25) is 0 Å². The summed E-state index contributed by atoms with van der Waals surface area (Å²) in [5.41, 5.74) is 0.102. The van der Waals surface area contributed by atoms with E-state index in [0.29, 0.717) is 23.0 Å². The van der Waals surface area contributed by atoms with Crippen LogP contribution < -0.4 is 5.56 Å². The van der Waals surface area contributed by atoms with Crippen LogP contribution in [0.25, 0.3) is 10.8 Å². The Morgan fingerprint density at radius 2 is 1.95 bits per heavy atom. The van der Waals surface area contributed by atoms with Gasteiger partial charge in [0.05, 0.1) is 11.9 Å². The number of aromatic nitrogens is 2. The number of thiophene rings is 1. The molecule has 0 aliphatic heterocycles. The van der Waals surface area contributed by atoms with E-state index in [0.717, 1.165) is 4.88 Å². The second-order valence-corrected chi connectivity index (χ2v) is 6.10. The van der Waals surface area contributed by atoms with Gasteiger partial charge in [0.1, 0.15) is 0 Å². The number of aryl methyl sites for hydroxylation is 1. The number of carbonyl (C=O) groups is 1. The van der Waals surface area contributed by atoms with Gasteiger partial charge in [-0.2, -0.15) is 5.10 Å². The first-order chi connectivity index (χ1) is 10.6. The van der Waals surface area contributed by atoms with Gasteiger partial charge in [-0.25, -0.2) is 4.68 Å². The number of rotatable bonds is 3. The van der Waals surface area contributed by atoms with E-state index >= 15 is 0 Å². The average Bonchev–Trinajstić information content (AvgIpc) is 3.03. The highest BCUT2D eigenvalue weighted by Crippen LogP contribution is 2.17. The monoisotopic (exact) mass is 313 g/mol. The van der Waals surface area contributed by atoms with E-state index in [-0.39, 0.29) is 11.5 Å². The molecule has 3 rings (SSSR count). The lowest BCUT2D eigenvalue weighted by Gasteiger charge is -2.17. The third kappa shape index (κ3) is 2.53. The molecule has 6 heteroatoms. The van der Waals surface area contributed by atoms with E-state index in [2.05, 4.69) is 5.10 Å². The van der Waals surface area contributed by atoms with Crippen LogP contribution in [0.3, 0.4) is 0 Å². The summed E-state index contributed by atoms with van der Waals surface area (Å²) in [7, 11) is 3.30. The molecule has 0 N–H and O–H groups in total. The zero-order valence-electron chi connectivity index (χ0n) is 12.3. The Hall–Kier alpha value is -2.47. The summed E-state index contributed by atoms with van der Waals surface area (Å²) in [6, 6.07) is 11.0. The summed E-state index contributed by atoms with van der Waals surface area (Å²) in [6.45, 7) is 0.523. The van der Waals surface area contributed by atoms with Crippen molar-refractivity contribution in [3.05, 3.63) is 62.7 Å². The van der Waals surface area contributed by atoms with Gasteiger partial charge in [-0.15, -0.1) is 11.3 Å². The number of amides is 1. The molecule has 0 saturated heterocycles. The van der Waals surface area contributed by atoms with Crippen LogP contribution in [0.5, 0.6) is 0 Å². The van der Waals surface area contributed by atoms with Crippen molar-refractivity contribution in [2.45, 2.75) is 6.54 Å². The number of fused-ring (bicyclic) bond motifs is 1. The highest BCUT2D eigenvalue weighted by molar-refractivity contribution is 7.09. The molecule has 2 aromatic heterocycles. The Morgan fingerprint density at radius 3 is 2.64 bits per heavy atom. The third-order valence-electron chi connectivity index (χ3n) is 3.48. The molecule has 0 atom stereocenters. The van der Waals surface area contributed by atoms with Crippen molar-refractivity contribution in [3.8, 4) is 0 Å². The highest BCUT2D eigenvalue weighted by Gasteiger charge is 2.19. The van der Waals surface area contributed by atoms with Gasteiger partial charge in [-0.05, 0) is 17.5 Å². The van der Waals surface area contributed by atoms with Crippen LogP contribution in [0.15, 0.2) is 46.6 Å². The second-order valence-electron chi connectivity index (χ2n) is 5.06. The van der Waals surface area contributed by atoms with Crippen molar-refractivity contribution in [1.82, 2.24) is 14.7 Å². The third-order valence-corrected chi connectivity index (χ3v) is 4.34. The lowest BCUT2D eigenvalue weighted by Crippen LogP contribution is -2.30. The normalized spacial score (nSPS) is 10.8. The number of hydrogen-bond acceptors (Lipinski definition) is 4. The fraction of sp³-hybridized carbons (Fsp3) is 0.188. The minimum Gasteiger partial charge on any atom is -0.335 e. The minimum atomic E-state index is -0.201. The first-order valence-corrected chi connectivity index (χ1v) is 7.70. The molecule has 112 valence electrons. The standard InChI is InChI=1S/C16H15N3O2S/c1-18(10-11-6-5-9-22-11)16(21)14-12-7-3-4-8-13(12)15(20)19(2)17-14/h3-9H,10H2,1-2H3. The molecule has 0 radical (unpaired) electrons. The molecule has 0 spiro atoms. The average molecular weight is 313 g/mol. The van der Waals surface area contributed by atoms with Crippen LogP contribution in [-0.2, 0) is 13.6 Å². The molecule has 2 heterocycles. The Kier molecular flexibility index (Phi) is 3.77. The SMILES string of the molecule is CN(Cc1cccs1)C(=O)c1nn(C)c(=O)c2ccccc12. The largest absolute Gasteiger partial charge is 0.335 e. The summed E-state index contributed by atoms with van der Waals surface area (Å²) in [6.07, 6.45) is 0. The molecule has 1 aromatic carbocycles. The Bertz CT molecular complexity index is 884. The van der Waals surface area contributed by atoms with Crippen LogP contribution in [0.2, 0.25) is 0 Å². The van der Waals surface area contributed by atoms with Crippen molar-refractivity contribution in [1.29, 1.82) is 0 Å². The predicted molar refractivity (Wildman–Crippen MR) is 87.1 cm³/mol. The van der Waals surface area contributed by atoms with Gasteiger partial charge >= 0.3 is 0 Å². The summed E-state index contributed by atoms with van der Waals surface area (Å²) >= 11 is 1.60. The van der Waals surface area contributed by atoms with Gasteiger partial charge in [0.15, 0.2) is 5.69 Å². The second kappa shape index (κ2) is 5.73. The molecular formula is C16H15N3O2S. The van der Waals surface area contributed by atoms with Crippen molar-refractivity contribution in [2.75, 3.05) is 7.05 Å². The molecule has 0 bridgehead atoms. The molecule has 0 aliphatic rings. The first-order valence-electron chi connectivity index (χ1n) is 6.82. The maximum atomic E-state index is 12.7. The number of carbonyl (C=O) groups excluding carboxylic acids is 1. The zero-order chi connectivity index (χ0) is 15.7. The number of hydrogen-bond donors (Lipinski definition) is 0. The predicted octanol–water partition coefficient (Wildman–Crippen LogP) is 2.27. The van der Waals surface area contributed by atoms with Crippen molar-refractivity contribution in [2.24, 2.45) is 7.05 Å². The van der Waals surface area contributed by atoms with Crippen LogP contribution >= 0.6 is 11.3 Å². The van der Waals surface area contributed by atoms with E-state index in [1.807, 2.05) is 17.5 Å². The van der Waals surface area contributed by atoms with Crippen LogP contribution in [-0.4, -0.2) is 27.6 Å². The maximum absolute atomic E-state index is 12.7. The first kappa shape index (κ1) is 14.5. The van der Waals surface area contributed by atoms with Crippen LogP contribution in [0.4, 0.5) is 0 Å². The maximum Gasteiger partial charge on any atom is 0.275 e. The van der Waals surface area contributed by atoms with Gasteiger partial charge in [-0.1, -0.05) is 24.3 Å².